The summed E-state index contributed by atoms with van der Waals surface area (Å²) in [7, 11) is 1.59. The van der Waals surface area contributed by atoms with Crippen LogP contribution in [0, 0.1) is 13.8 Å². The van der Waals surface area contributed by atoms with Crippen molar-refractivity contribution in [2.45, 2.75) is 13.8 Å². The van der Waals surface area contributed by atoms with Gasteiger partial charge >= 0.3 is 0 Å². The molecule has 0 unspecified atom stereocenters. The molecule has 0 amide bonds. The third-order valence-electron chi connectivity index (χ3n) is 2.28. The molecule has 1 aromatic heterocycles. The molecule has 0 spiro atoms. The highest BCUT2D eigenvalue weighted by molar-refractivity contribution is 5.96. The SMILES string of the molecule is COc1nc(C)nc(C)c1NC1=NCCN1. The lowest BCUT2D eigenvalue weighted by Gasteiger charge is -2.12. The van der Waals surface area contributed by atoms with E-state index < -0.39 is 0 Å². The molecule has 0 aromatic carbocycles. The molecule has 0 saturated carbocycles. The second-order valence-electron chi connectivity index (χ2n) is 3.52. The number of aromatic nitrogens is 2. The first kappa shape index (κ1) is 10.7. The van der Waals surface area contributed by atoms with E-state index in [1.54, 1.807) is 7.11 Å². The Kier molecular flexibility index (Phi) is 2.89. The van der Waals surface area contributed by atoms with Gasteiger partial charge in [0, 0.05) is 6.54 Å². The number of guanidine groups is 1. The summed E-state index contributed by atoms with van der Waals surface area (Å²) < 4.78 is 5.22. The number of aliphatic imine (C=N–C) groups is 1. The maximum atomic E-state index is 5.22. The van der Waals surface area contributed by atoms with Gasteiger partial charge in [-0.1, -0.05) is 0 Å². The van der Waals surface area contributed by atoms with Crippen molar-refractivity contribution >= 4 is 11.6 Å². The molecular formula is C10H15N5O. The number of nitrogens with one attached hydrogen (secondary N) is 2. The molecule has 1 aliphatic rings. The highest BCUT2D eigenvalue weighted by Crippen LogP contribution is 2.24. The van der Waals surface area contributed by atoms with Crippen LogP contribution in [0.25, 0.3) is 0 Å². The van der Waals surface area contributed by atoms with Crippen molar-refractivity contribution in [1.82, 2.24) is 15.3 Å². The third-order valence-corrected chi connectivity index (χ3v) is 2.28. The third kappa shape index (κ3) is 2.05. The van der Waals surface area contributed by atoms with Gasteiger partial charge in [0.2, 0.25) is 5.88 Å². The maximum Gasteiger partial charge on any atom is 0.241 e. The predicted octanol–water partition coefficient (Wildman–Crippen LogP) is 0.473. The summed E-state index contributed by atoms with van der Waals surface area (Å²) in [5.41, 5.74) is 1.61. The number of rotatable bonds is 2. The van der Waals surface area contributed by atoms with Crippen molar-refractivity contribution in [3.05, 3.63) is 11.5 Å². The average Bonchev–Trinajstić information content (AvgIpc) is 2.74. The fourth-order valence-corrected chi connectivity index (χ4v) is 1.57. The topological polar surface area (TPSA) is 71.4 Å². The smallest absolute Gasteiger partial charge is 0.241 e. The molecule has 0 radical (unpaired) electrons. The number of nitrogens with zero attached hydrogens (tertiary/aromatic N) is 3. The monoisotopic (exact) mass is 221 g/mol. The highest BCUT2D eigenvalue weighted by atomic mass is 16.5. The Morgan fingerprint density at radius 1 is 1.31 bits per heavy atom. The molecular weight excluding hydrogens is 206 g/mol. The van der Waals surface area contributed by atoms with E-state index in [2.05, 4.69) is 25.6 Å². The molecule has 0 fully saturated rings. The van der Waals surface area contributed by atoms with Gasteiger partial charge in [0.15, 0.2) is 5.96 Å². The standard InChI is InChI=1S/C10H15N5O/c1-6-8(15-10-11-4-5-12-10)9(16-3)14-7(2)13-6/h4-5H2,1-3H3,(H2,11,12,15). The van der Waals surface area contributed by atoms with Gasteiger partial charge in [-0.05, 0) is 13.8 Å². The summed E-state index contributed by atoms with van der Waals surface area (Å²) in [5.74, 6) is 1.98. The Labute approximate surface area is 94.2 Å². The number of methoxy groups -OCH3 is 1. The minimum Gasteiger partial charge on any atom is -0.479 e. The van der Waals surface area contributed by atoms with Gasteiger partial charge in [-0.3, -0.25) is 4.99 Å². The summed E-state index contributed by atoms with van der Waals surface area (Å²) in [6, 6.07) is 0. The molecule has 1 aromatic rings. The van der Waals surface area contributed by atoms with Crippen molar-refractivity contribution < 1.29 is 4.74 Å². The lowest BCUT2D eigenvalue weighted by Crippen LogP contribution is -2.27. The fraction of sp³-hybridized carbons (Fsp3) is 0.500. The van der Waals surface area contributed by atoms with Gasteiger partial charge in [0.1, 0.15) is 11.5 Å². The summed E-state index contributed by atoms with van der Waals surface area (Å²) in [6.45, 7) is 5.40. The largest absolute Gasteiger partial charge is 0.479 e. The van der Waals surface area contributed by atoms with Crippen LogP contribution in [0.5, 0.6) is 5.88 Å². The Hall–Kier alpha value is -1.85. The average molecular weight is 221 g/mol. The summed E-state index contributed by atoms with van der Waals surface area (Å²) in [4.78, 5) is 12.8. The fourth-order valence-electron chi connectivity index (χ4n) is 1.57. The Balaban J connectivity index is 2.31. The van der Waals surface area contributed by atoms with Gasteiger partial charge in [-0.25, -0.2) is 4.98 Å². The zero-order chi connectivity index (χ0) is 11.5. The van der Waals surface area contributed by atoms with Gasteiger partial charge in [-0.15, -0.1) is 0 Å². The molecule has 0 saturated heterocycles. The summed E-state index contributed by atoms with van der Waals surface area (Å²) >= 11 is 0. The van der Waals surface area contributed by atoms with E-state index in [-0.39, 0.29) is 0 Å². The van der Waals surface area contributed by atoms with Gasteiger partial charge in [-0.2, -0.15) is 4.98 Å². The number of aryl methyl sites for hydroxylation is 2. The van der Waals surface area contributed by atoms with E-state index in [9.17, 15) is 0 Å². The zero-order valence-electron chi connectivity index (χ0n) is 9.66. The lowest BCUT2D eigenvalue weighted by molar-refractivity contribution is 0.397. The van der Waals surface area contributed by atoms with Crippen LogP contribution in [0.3, 0.4) is 0 Å². The van der Waals surface area contributed by atoms with Crippen LogP contribution in [0.15, 0.2) is 4.99 Å². The summed E-state index contributed by atoms with van der Waals surface area (Å²) in [5, 5.41) is 6.27. The normalized spacial score (nSPS) is 14.3. The van der Waals surface area contributed by atoms with Crippen LogP contribution in [-0.2, 0) is 0 Å². The van der Waals surface area contributed by atoms with Crippen LogP contribution < -0.4 is 15.4 Å². The quantitative estimate of drug-likeness (QED) is 0.759. The van der Waals surface area contributed by atoms with Crippen LogP contribution in [-0.4, -0.2) is 36.1 Å². The van der Waals surface area contributed by atoms with Gasteiger partial charge in [0.05, 0.1) is 19.3 Å². The molecule has 16 heavy (non-hydrogen) atoms. The molecule has 2 rings (SSSR count). The van der Waals surface area contributed by atoms with E-state index in [0.29, 0.717) is 11.7 Å². The van der Waals surface area contributed by atoms with E-state index in [0.717, 1.165) is 30.4 Å². The molecule has 6 nitrogen and oxygen atoms in total. The Morgan fingerprint density at radius 3 is 2.75 bits per heavy atom. The molecule has 0 bridgehead atoms. The molecule has 6 heteroatoms. The lowest BCUT2D eigenvalue weighted by atomic mass is 10.3. The van der Waals surface area contributed by atoms with Crippen LogP contribution in [0.4, 0.5) is 5.69 Å². The number of ether oxygens (including phenoxy) is 1. The molecule has 2 heterocycles. The molecule has 1 aliphatic heterocycles. The first-order valence-corrected chi connectivity index (χ1v) is 5.15. The Bertz CT molecular complexity index is 429. The molecule has 86 valence electrons. The molecule has 0 atom stereocenters. The molecule has 2 N–H and O–H groups in total. The zero-order valence-corrected chi connectivity index (χ0v) is 9.66. The van der Waals surface area contributed by atoms with Crippen molar-refractivity contribution in [3.8, 4) is 5.88 Å². The first-order valence-electron chi connectivity index (χ1n) is 5.15. The van der Waals surface area contributed by atoms with Crippen molar-refractivity contribution in [1.29, 1.82) is 0 Å². The number of hydrogen-bond donors (Lipinski definition) is 2. The van der Waals surface area contributed by atoms with Crippen LogP contribution >= 0.6 is 0 Å². The first-order chi connectivity index (χ1) is 7.70. The second kappa shape index (κ2) is 4.34. The van der Waals surface area contributed by atoms with Gasteiger partial charge in [0.25, 0.3) is 0 Å². The van der Waals surface area contributed by atoms with Crippen molar-refractivity contribution in [2.24, 2.45) is 4.99 Å². The van der Waals surface area contributed by atoms with Crippen LogP contribution in [0.1, 0.15) is 11.5 Å². The van der Waals surface area contributed by atoms with Crippen LogP contribution in [0.2, 0.25) is 0 Å². The van der Waals surface area contributed by atoms with Crippen molar-refractivity contribution in [3.63, 3.8) is 0 Å². The van der Waals surface area contributed by atoms with E-state index in [1.165, 1.54) is 0 Å². The minimum atomic E-state index is 0.543. The second-order valence-corrected chi connectivity index (χ2v) is 3.52. The minimum absolute atomic E-state index is 0.543. The highest BCUT2D eigenvalue weighted by Gasteiger charge is 2.14. The van der Waals surface area contributed by atoms with Crippen molar-refractivity contribution in [2.75, 3.05) is 25.5 Å². The Morgan fingerprint density at radius 2 is 2.12 bits per heavy atom. The molecule has 0 aliphatic carbocycles. The predicted molar refractivity (Wildman–Crippen MR) is 62.0 cm³/mol. The van der Waals surface area contributed by atoms with Gasteiger partial charge < -0.3 is 15.4 Å². The maximum absolute atomic E-state index is 5.22. The van der Waals surface area contributed by atoms with E-state index >= 15 is 0 Å². The number of hydrogen-bond acceptors (Lipinski definition) is 6. The summed E-state index contributed by atoms with van der Waals surface area (Å²) in [6.07, 6.45) is 0. The van der Waals surface area contributed by atoms with E-state index in [4.69, 9.17) is 4.74 Å². The van der Waals surface area contributed by atoms with E-state index in [1.807, 2.05) is 13.8 Å². The number of anilines is 1.